The number of ether oxygens (including phenoxy) is 1. The molecule has 4 aromatic rings. The zero-order valence-electron chi connectivity index (χ0n) is 16.2. The SMILES string of the molecule is COc1c(Cl)cc(Cl)cc1C=CC(=O)Nc1cc(-c2nc3ccccc3s2)ccc1Cl. The molecule has 0 atom stereocenters. The molecule has 1 amide bonds. The van der Waals surface area contributed by atoms with E-state index >= 15 is 0 Å². The van der Waals surface area contributed by atoms with Crippen molar-refractivity contribution in [2.75, 3.05) is 12.4 Å². The summed E-state index contributed by atoms with van der Waals surface area (Å²) in [5, 5.41) is 4.88. The van der Waals surface area contributed by atoms with Crippen LogP contribution in [-0.4, -0.2) is 18.0 Å². The molecule has 8 heteroatoms. The fraction of sp³-hybridized carbons (Fsp3) is 0.0435. The Labute approximate surface area is 198 Å². The van der Waals surface area contributed by atoms with Crippen LogP contribution in [0.25, 0.3) is 26.9 Å². The minimum absolute atomic E-state index is 0.360. The van der Waals surface area contributed by atoms with Crippen molar-refractivity contribution in [3.63, 3.8) is 0 Å². The summed E-state index contributed by atoms with van der Waals surface area (Å²) in [5.41, 5.74) is 2.88. The minimum atomic E-state index is -0.360. The molecule has 156 valence electrons. The monoisotopic (exact) mass is 488 g/mol. The number of methoxy groups -OCH3 is 1. The first kappa shape index (κ1) is 21.7. The number of hydrogen-bond donors (Lipinski definition) is 1. The third kappa shape index (κ3) is 4.86. The first-order valence-electron chi connectivity index (χ1n) is 9.12. The second kappa shape index (κ2) is 9.28. The summed E-state index contributed by atoms with van der Waals surface area (Å²) in [6.07, 6.45) is 2.95. The van der Waals surface area contributed by atoms with Gasteiger partial charge < -0.3 is 10.1 Å². The summed E-state index contributed by atoms with van der Waals surface area (Å²) in [6.45, 7) is 0. The van der Waals surface area contributed by atoms with Crippen LogP contribution in [0.3, 0.4) is 0 Å². The number of hydrogen-bond acceptors (Lipinski definition) is 4. The predicted octanol–water partition coefficient (Wildman–Crippen LogP) is 7.58. The Bertz CT molecular complexity index is 1280. The maximum Gasteiger partial charge on any atom is 0.248 e. The number of nitrogens with one attached hydrogen (secondary N) is 1. The Hall–Kier alpha value is -2.57. The molecule has 0 aliphatic rings. The minimum Gasteiger partial charge on any atom is -0.495 e. The van der Waals surface area contributed by atoms with Crippen molar-refractivity contribution in [2.24, 2.45) is 0 Å². The summed E-state index contributed by atoms with van der Waals surface area (Å²) in [5.74, 6) is 0.0764. The lowest BCUT2D eigenvalue weighted by atomic mass is 10.1. The average molecular weight is 490 g/mol. The maximum absolute atomic E-state index is 12.5. The highest BCUT2D eigenvalue weighted by Gasteiger charge is 2.11. The molecule has 0 bridgehead atoms. The molecule has 1 heterocycles. The molecule has 0 saturated heterocycles. The standard InChI is InChI=1S/C23H15Cl3N2O2S/c1-30-22-13(10-15(24)12-17(22)26)7-9-21(29)27-19-11-14(6-8-16(19)25)23-28-18-4-2-3-5-20(18)31-23/h2-12H,1H3,(H,27,29). The van der Waals surface area contributed by atoms with E-state index in [1.54, 1.807) is 35.6 Å². The topological polar surface area (TPSA) is 51.2 Å². The zero-order chi connectivity index (χ0) is 22.0. The Morgan fingerprint density at radius 3 is 2.65 bits per heavy atom. The van der Waals surface area contributed by atoms with Gasteiger partial charge in [-0.15, -0.1) is 11.3 Å². The number of halogens is 3. The van der Waals surface area contributed by atoms with E-state index in [9.17, 15) is 4.79 Å². The molecule has 4 nitrogen and oxygen atoms in total. The van der Waals surface area contributed by atoms with Crippen LogP contribution in [0.1, 0.15) is 5.56 Å². The highest BCUT2D eigenvalue weighted by molar-refractivity contribution is 7.21. The van der Waals surface area contributed by atoms with Gasteiger partial charge in [0, 0.05) is 22.2 Å². The van der Waals surface area contributed by atoms with Gasteiger partial charge in [0.05, 0.1) is 33.1 Å². The lowest BCUT2D eigenvalue weighted by Crippen LogP contribution is -2.08. The molecular formula is C23H15Cl3N2O2S. The highest BCUT2D eigenvalue weighted by atomic mass is 35.5. The van der Waals surface area contributed by atoms with Crippen LogP contribution in [0, 0.1) is 0 Å². The van der Waals surface area contributed by atoms with Gasteiger partial charge in [0.1, 0.15) is 10.8 Å². The Morgan fingerprint density at radius 2 is 1.87 bits per heavy atom. The number of anilines is 1. The third-order valence-electron chi connectivity index (χ3n) is 4.42. The Morgan fingerprint density at radius 1 is 1.06 bits per heavy atom. The van der Waals surface area contributed by atoms with Crippen molar-refractivity contribution in [1.82, 2.24) is 4.98 Å². The molecule has 0 radical (unpaired) electrons. The van der Waals surface area contributed by atoms with E-state index in [1.165, 1.54) is 13.2 Å². The van der Waals surface area contributed by atoms with Crippen LogP contribution in [0.2, 0.25) is 15.1 Å². The molecule has 0 aliphatic heterocycles. The lowest BCUT2D eigenvalue weighted by molar-refractivity contribution is -0.111. The molecule has 0 spiro atoms. The molecule has 0 unspecified atom stereocenters. The number of aromatic nitrogens is 1. The number of carbonyl (C=O) groups excluding carboxylic acids is 1. The van der Waals surface area contributed by atoms with E-state index in [0.717, 1.165) is 20.8 Å². The summed E-state index contributed by atoms with van der Waals surface area (Å²) in [7, 11) is 1.50. The first-order chi connectivity index (χ1) is 14.9. The van der Waals surface area contributed by atoms with Crippen LogP contribution >= 0.6 is 46.1 Å². The largest absolute Gasteiger partial charge is 0.495 e. The molecule has 0 fully saturated rings. The van der Waals surface area contributed by atoms with Gasteiger partial charge in [-0.25, -0.2) is 4.98 Å². The molecular weight excluding hydrogens is 475 g/mol. The van der Waals surface area contributed by atoms with E-state index in [-0.39, 0.29) is 5.91 Å². The molecule has 1 N–H and O–H groups in total. The van der Waals surface area contributed by atoms with Crippen molar-refractivity contribution in [2.45, 2.75) is 0 Å². The molecule has 3 aromatic carbocycles. The number of nitrogens with zero attached hydrogens (tertiary/aromatic N) is 1. The smallest absolute Gasteiger partial charge is 0.248 e. The van der Waals surface area contributed by atoms with Gasteiger partial charge >= 0.3 is 0 Å². The van der Waals surface area contributed by atoms with Crippen LogP contribution in [0.15, 0.2) is 60.7 Å². The van der Waals surface area contributed by atoms with E-state index in [1.807, 2.05) is 36.4 Å². The second-order valence-corrected chi connectivity index (χ2v) is 8.80. The third-order valence-corrected chi connectivity index (χ3v) is 6.33. The van der Waals surface area contributed by atoms with Crippen molar-refractivity contribution in [3.8, 4) is 16.3 Å². The quantitative estimate of drug-likeness (QED) is 0.294. The van der Waals surface area contributed by atoms with Gasteiger partial charge in [-0.1, -0.05) is 53.0 Å². The van der Waals surface area contributed by atoms with Crippen molar-refractivity contribution in [1.29, 1.82) is 0 Å². The van der Waals surface area contributed by atoms with Crippen LogP contribution < -0.4 is 10.1 Å². The number of para-hydroxylation sites is 1. The number of benzene rings is 3. The molecule has 0 aliphatic carbocycles. The van der Waals surface area contributed by atoms with Gasteiger partial charge in [0.2, 0.25) is 5.91 Å². The molecule has 1 aromatic heterocycles. The Balaban J connectivity index is 1.57. The summed E-state index contributed by atoms with van der Waals surface area (Å²) >= 11 is 20.1. The van der Waals surface area contributed by atoms with Gasteiger partial charge in [0.15, 0.2) is 0 Å². The fourth-order valence-corrected chi connectivity index (χ4v) is 4.72. The van der Waals surface area contributed by atoms with Crippen LogP contribution in [0.4, 0.5) is 5.69 Å². The zero-order valence-corrected chi connectivity index (χ0v) is 19.2. The molecule has 0 saturated carbocycles. The average Bonchev–Trinajstić information content (AvgIpc) is 3.18. The van der Waals surface area contributed by atoms with Gasteiger partial charge in [-0.2, -0.15) is 0 Å². The summed E-state index contributed by atoms with van der Waals surface area (Å²) in [6, 6.07) is 16.6. The first-order valence-corrected chi connectivity index (χ1v) is 11.1. The van der Waals surface area contributed by atoms with E-state index in [0.29, 0.717) is 32.1 Å². The van der Waals surface area contributed by atoms with Gasteiger partial charge in [-0.05, 0) is 42.5 Å². The highest BCUT2D eigenvalue weighted by Crippen LogP contribution is 2.35. The lowest BCUT2D eigenvalue weighted by Gasteiger charge is -2.09. The van der Waals surface area contributed by atoms with Crippen molar-refractivity contribution in [3.05, 3.63) is 81.3 Å². The Kier molecular flexibility index (Phi) is 6.49. The number of carbonyl (C=O) groups is 1. The normalized spacial score (nSPS) is 11.2. The van der Waals surface area contributed by atoms with Crippen molar-refractivity contribution < 1.29 is 9.53 Å². The summed E-state index contributed by atoms with van der Waals surface area (Å²) < 4.78 is 6.38. The van der Waals surface area contributed by atoms with Crippen LogP contribution in [0.5, 0.6) is 5.75 Å². The fourth-order valence-electron chi connectivity index (χ4n) is 3.01. The number of amides is 1. The molecule has 31 heavy (non-hydrogen) atoms. The van der Waals surface area contributed by atoms with E-state index < -0.39 is 0 Å². The van der Waals surface area contributed by atoms with Gasteiger partial charge in [-0.3, -0.25) is 4.79 Å². The van der Waals surface area contributed by atoms with Gasteiger partial charge in [0.25, 0.3) is 0 Å². The van der Waals surface area contributed by atoms with Crippen molar-refractivity contribution >= 4 is 74.0 Å². The number of fused-ring (bicyclic) bond motifs is 1. The second-order valence-electron chi connectivity index (χ2n) is 6.51. The summed E-state index contributed by atoms with van der Waals surface area (Å²) in [4.78, 5) is 17.2. The number of rotatable bonds is 5. The molecule has 4 rings (SSSR count). The van der Waals surface area contributed by atoms with E-state index in [4.69, 9.17) is 39.5 Å². The number of thiazole rings is 1. The van der Waals surface area contributed by atoms with E-state index in [2.05, 4.69) is 10.3 Å². The van der Waals surface area contributed by atoms with Crippen LogP contribution in [-0.2, 0) is 4.79 Å². The predicted molar refractivity (Wildman–Crippen MR) is 131 cm³/mol. The maximum atomic E-state index is 12.5.